The Kier molecular flexibility index (Phi) is 13.7. The standard InChI is InChI=1S/C6H10.C5H8/c1-4-5-6(2)3;1-3-5-4-2/h4,6H,1-3,5H2;3-4H,1-2,5H2. The van der Waals surface area contributed by atoms with E-state index >= 15 is 0 Å². The minimum absolute atomic E-state index is 0.280. The molecular formula is C11H18. The van der Waals surface area contributed by atoms with E-state index < -0.39 is 0 Å². The van der Waals surface area contributed by atoms with Gasteiger partial charge in [0.25, 0.3) is 0 Å². The Bertz CT molecular complexity index is 92.6. The summed E-state index contributed by atoms with van der Waals surface area (Å²) in [6.07, 6.45) is 7.28. The second kappa shape index (κ2) is 11.8. The molecule has 0 unspecified atom stereocenters. The van der Waals surface area contributed by atoms with Crippen molar-refractivity contribution in [1.29, 1.82) is 0 Å². The summed E-state index contributed by atoms with van der Waals surface area (Å²) in [7, 11) is 0. The van der Waals surface area contributed by atoms with E-state index in [0.29, 0.717) is 0 Å². The quantitative estimate of drug-likeness (QED) is 0.424. The summed E-state index contributed by atoms with van der Waals surface area (Å²) >= 11 is 0. The van der Waals surface area contributed by atoms with E-state index in [-0.39, 0.29) is 5.92 Å². The third-order valence-corrected chi connectivity index (χ3v) is 0.833. The van der Waals surface area contributed by atoms with Crippen LogP contribution < -0.4 is 0 Å². The monoisotopic (exact) mass is 150 g/mol. The largest absolute Gasteiger partial charge is 0.296 e. The van der Waals surface area contributed by atoms with Crippen molar-refractivity contribution >= 4 is 0 Å². The molecule has 11 heavy (non-hydrogen) atoms. The van der Waals surface area contributed by atoms with Crippen molar-refractivity contribution in [1.82, 2.24) is 0 Å². The first-order chi connectivity index (χ1) is 5.18. The topological polar surface area (TPSA) is 0 Å². The van der Waals surface area contributed by atoms with Crippen LogP contribution in [-0.2, 0) is 0 Å². The lowest BCUT2D eigenvalue weighted by molar-refractivity contribution is 0.825. The highest BCUT2D eigenvalue weighted by Crippen LogP contribution is 1.95. The molecule has 0 rings (SSSR count). The summed E-state index contributed by atoms with van der Waals surface area (Å²) in [5.41, 5.74) is 0. The maximum absolute atomic E-state index is 3.65. The Morgan fingerprint density at radius 1 is 1.18 bits per heavy atom. The molecule has 0 aliphatic heterocycles. The van der Waals surface area contributed by atoms with Crippen molar-refractivity contribution in [2.75, 3.05) is 0 Å². The molecule has 62 valence electrons. The van der Waals surface area contributed by atoms with Crippen LogP contribution in [0.15, 0.2) is 38.0 Å². The molecule has 0 aliphatic rings. The van der Waals surface area contributed by atoms with Crippen LogP contribution in [0, 0.1) is 19.8 Å². The van der Waals surface area contributed by atoms with Crippen molar-refractivity contribution in [3.05, 3.63) is 51.8 Å². The van der Waals surface area contributed by atoms with E-state index in [9.17, 15) is 0 Å². The molecule has 0 nitrogen and oxygen atoms in total. The molecule has 0 aromatic rings. The van der Waals surface area contributed by atoms with Crippen LogP contribution in [0.5, 0.6) is 0 Å². The molecule has 0 amide bonds. The van der Waals surface area contributed by atoms with E-state index in [0.717, 1.165) is 12.8 Å². The Labute approximate surface area is 71.3 Å². The summed E-state index contributed by atoms with van der Waals surface area (Å²) in [6, 6.07) is 0. The van der Waals surface area contributed by atoms with Crippen LogP contribution in [-0.4, -0.2) is 0 Å². The normalized spacial score (nSPS) is 10.3. The first kappa shape index (κ1) is 12.7. The molecule has 0 saturated heterocycles. The fraction of sp³-hybridized carbons (Fsp3) is 0.273. The van der Waals surface area contributed by atoms with Gasteiger partial charge in [-0.2, -0.15) is 0 Å². The fourth-order valence-electron chi connectivity index (χ4n) is 0.354. The van der Waals surface area contributed by atoms with Crippen LogP contribution in [0.25, 0.3) is 0 Å². The second-order valence-electron chi connectivity index (χ2n) is 2.20. The molecule has 0 fully saturated rings. The third-order valence-electron chi connectivity index (χ3n) is 0.833. The summed E-state index contributed by atoms with van der Waals surface area (Å²) in [5.74, 6) is 0.280. The zero-order valence-corrected chi connectivity index (χ0v) is 7.26. The van der Waals surface area contributed by atoms with E-state index in [1.54, 1.807) is 0 Å². The molecule has 0 aliphatic carbocycles. The lowest BCUT2D eigenvalue weighted by atomic mass is 10.1. The third kappa shape index (κ3) is 27.3. The van der Waals surface area contributed by atoms with Crippen molar-refractivity contribution in [2.24, 2.45) is 5.92 Å². The summed E-state index contributed by atoms with van der Waals surface area (Å²) in [6.45, 7) is 17.8. The molecule has 0 spiro atoms. The minimum Gasteiger partial charge on any atom is -0.296 e. The second-order valence-corrected chi connectivity index (χ2v) is 2.20. The van der Waals surface area contributed by atoms with Crippen molar-refractivity contribution in [2.45, 2.75) is 12.8 Å². The first-order valence-electron chi connectivity index (χ1n) is 3.67. The molecule has 0 heteroatoms. The van der Waals surface area contributed by atoms with Gasteiger partial charge in [0.05, 0.1) is 0 Å². The van der Waals surface area contributed by atoms with Gasteiger partial charge in [-0.15, -0.1) is 19.7 Å². The Morgan fingerprint density at radius 3 is 1.64 bits per heavy atom. The van der Waals surface area contributed by atoms with Gasteiger partial charge in [0.2, 0.25) is 0 Å². The molecule has 0 heterocycles. The maximum Gasteiger partial charge on any atom is 0.0336 e. The number of allylic oxidation sites excluding steroid dienone is 3. The first-order valence-corrected chi connectivity index (χ1v) is 3.67. The predicted molar refractivity (Wildman–Crippen MR) is 54.0 cm³/mol. The van der Waals surface area contributed by atoms with E-state index in [4.69, 9.17) is 0 Å². The molecule has 0 atom stereocenters. The molecule has 0 saturated carbocycles. The highest BCUT2D eigenvalue weighted by molar-refractivity contribution is 4.79. The summed E-state index contributed by atoms with van der Waals surface area (Å²) in [5, 5.41) is 0. The van der Waals surface area contributed by atoms with E-state index in [1.165, 1.54) is 0 Å². The van der Waals surface area contributed by atoms with Crippen LogP contribution in [0.4, 0.5) is 0 Å². The van der Waals surface area contributed by atoms with E-state index in [2.05, 4.69) is 33.6 Å². The highest BCUT2D eigenvalue weighted by atomic mass is 13.9. The number of hydrogen-bond acceptors (Lipinski definition) is 0. The highest BCUT2D eigenvalue weighted by Gasteiger charge is 1.82. The van der Waals surface area contributed by atoms with Crippen molar-refractivity contribution in [3.8, 4) is 0 Å². The molecule has 0 N–H and O–H groups in total. The van der Waals surface area contributed by atoms with Crippen LogP contribution in [0.3, 0.4) is 0 Å². The zero-order chi connectivity index (χ0) is 9.11. The van der Waals surface area contributed by atoms with Gasteiger partial charge in [-0.1, -0.05) is 18.2 Å². The Morgan fingerprint density at radius 2 is 1.64 bits per heavy atom. The number of rotatable bonds is 4. The lowest BCUT2D eigenvalue weighted by Gasteiger charge is -1.93. The van der Waals surface area contributed by atoms with Gasteiger partial charge in [0, 0.05) is 6.92 Å². The van der Waals surface area contributed by atoms with Crippen molar-refractivity contribution in [3.63, 3.8) is 0 Å². The summed E-state index contributed by atoms with van der Waals surface area (Å²) < 4.78 is 0. The van der Waals surface area contributed by atoms with Crippen molar-refractivity contribution < 1.29 is 0 Å². The fourth-order valence-corrected chi connectivity index (χ4v) is 0.354. The Balaban J connectivity index is 0. The molecule has 0 aromatic heterocycles. The SMILES string of the molecule is C=CCC([CH2+])[CH2-].C=CCC=C. The molecule has 0 bridgehead atoms. The van der Waals surface area contributed by atoms with Crippen LogP contribution in [0.2, 0.25) is 0 Å². The minimum atomic E-state index is 0.280. The van der Waals surface area contributed by atoms with Crippen LogP contribution >= 0.6 is 0 Å². The van der Waals surface area contributed by atoms with Gasteiger partial charge in [-0.05, 0) is 18.8 Å². The average Bonchev–Trinajstić information content (AvgIpc) is 1.90. The maximum atomic E-state index is 3.65. The Hall–Kier alpha value is -0.910. The lowest BCUT2D eigenvalue weighted by Crippen LogP contribution is -1.80. The van der Waals surface area contributed by atoms with Gasteiger partial charge in [-0.3, -0.25) is 6.92 Å². The van der Waals surface area contributed by atoms with Gasteiger partial charge in [0.15, 0.2) is 0 Å². The smallest absolute Gasteiger partial charge is 0.0336 e. The van der Waals surface area contributed by atoms with Crippen LogP contribution in [0.1, 0.15) is 12.8 Å². The van der Waals surface area contributed by atoms with Gasteiger partial charge in [-0.25, -0.2) is 0 Å². The van der Waals surface area contributed by atoms with E-state index in [1.807, 2.05) is 18.2 Å². The van der Waals surface area contributed by atoms with Gasteiger partial charge >= 0.3 is 0 Å². The predicted octanol–water partition coefficient (Wildman–Crippen LogP) is 3.60. The average molecular weight is 150 g/mol. The van der Waals surface area contributed by atoms with Gasteiger partial charge in [0.1, 0.15) is 0 Å². The zero-order valence-electron chi connectivity index (χ0n) is 7.26. The van der Waals surface area contributed by atoms with Gasteiger partial charge < -0.3 is 0 Å². The molecule has 0 aromatic carbocycles. The molecular weight excluding hydrogens is 132 g/mol. The molecule has 0 radical (unpaired) electrons. The summed E-state index contributed by atoms with van der Waals surface area (Å²) in [4.78, 5) is 0. The number of hydrogen-bond donors (Lipinski definition) is 0.